The van der Waals surface area contributed by atoms with Crippen LogP contribution >= 0.6 is 0 Å². The van der Waals surface area contributed by atoms with Crippen LogP contribution in [0.4, 0.5) is 0 Å². The third kappa shape index (κ3) is 7.60. The number of benzene rings is 1. The van der Waals surface area contributed by atoms with Crippen molar-refractivity contribution in [3.05, 3.63) is 35.9 Å². The summed E-state index contributed by atoms with van der Waals surface area (Å²) >= 11 is 0. The van der Waals surface area contributed by atoms with Gasteiger partial charge < -0.3 is 19.3 Å². The van der Waals surface area contributed by atoms with Gasteiger partial charge in [-0.1, -0.05) is 43.7 Å². The molecule has 0 aromatic heterocycles. The highest BCUT2D eigenvalue weighted by atomic mass is 16.5. The van der Waals surface area contributed by atoms with Crippen LogP contribution in [0.3, 0.4) is 0 Å². The minimum atomic E-state index is 0.0544. The summed E-state index contributed by atoms with van der Waals surface area (Å²) in [6.07, 6.45) is 2.26. The summed E-state index contributed by atoms with van der Waals surface area (Å²) in [4.78, 5) is 0. The first-order chi connectivity index (χ1) is 9.88. The van der Waals surface area contributed by atoms with Crippen molar-refractivity contribution in [3.63, 3.8) is 0 Å². The first kappa shape index (κ1) is 17.1. The Morgan fingerprint density at radius 3 is 2.25 bits per heavy atom. The van der Waals surface area contributed by atoms with E-state index in [-0.39, 0.29) is 12.7 Å². The van der Waals surface area contributed by atoms with Gasteiger partial charge in [0, 0.05) is 0 Å². The molecule has 0 amide bonds. The van der Waals surface area contributed by atoms with Gasteiger partial charge in [-0.2, -0.15) is 0 Å². The molecule has 0 radical (unpaired) electrons. The van der Waals surface area contributed by atoms with E-state index < -0.39 is 0 Å². The Labute approximate surface area is 121 Å². The summed E-state index contributed by atoms with van der Waals surface area (Å²) in [5.74, 6) is 0. The molecule has 4 nitrogen and oxygen atoms in total. The van der Waals surface area contributed by atoms with E-state index >= 15 is 0 Å². The summed E-state index contributed by atoms with van der Waals surface area (Å²) in [7, 11) is 0. The van der Waals surface area contributed by atoms with Crippen molar-refractivity contribution in [3.8, 4) is 0 Å². The van der Waals surface area contributed by atoms with E-state index in [0.717, 1.165) is 12.8 Å². The topological polar surface area (TPSA) is 47.9 Å². The molecule has 0 saturated heterocycles. The summed E-state index contributed by atoms with van der Waals surface area (Å²) in [5.41, 5.74) is 1.22. The van der Waals surface area contributed by atoms with Crippen molar-refractivity contribution in [2.45, 2.75) is 25.9 Å². The van der Waals surface area contributed by atoms with Crippen molar-refractivity contribution in [1.29, 1.82) is 0 Å². The molecule has 0 fully saturated rings. The molecule has 1 atom stereocenters. The molecule has 0 aliphatic rings. The third-order valence-corrected chi connectivity index (χ3v) is 2.88. The fourth-order valence-corrected chi connectivity index (χ4v) is 1.91. The monoisotopic (exact) mass is 282 g/mol. The van der Waals surface area contributed by atoms with Crippen LogP contribution < -0.4 is 0 Å². The molecule has 0 saturated carbocycles. The van der Waals surface area contributed by atoms with Crippen LogP contribution in [0.1, 0.15) is 31.4 Å². The number of hydrogen-bond donors (Lipinski definition) is 1. The lowest BCUT2D eigenvalue weighted by molar-refractivity contribution is -0.0176. The Balaban J connectivity index is 2.14. The summed E-state index contributed by atoms with van der Waals surface area (Å²) < 4.78 is 16.4. The predicted molar refractivity (Wildman–Crippen MR) is 78.8 cm³/mol. The number of rotatable bonds is 12. The van der Waals surface area contributed by atoms with Crippen LogP contribution in [0.25, 0.3) is 0 Å². The van der Waals surface area contributed by atoms with Gasteiger partial charge in [-0.3, -0.25) is 0 Å². The molecule has 0 aliphatic heterocycles. The van der Waals surface area contributed by atoms with Gasteiger partial charge in [-0.25, -0.2) is 0 Å². The lowest BCUT2D eigenvalue weighted by atomic mass is 10.1. The SMILES string of the molecule is CCCC(OCCOCCOCCO)c1ccccc1. The van der Waals surface area contributed by atoms with Gasteiger partial charge in [0.05, 0.1) is 45.7 Å². The van der Waals surface area contributed by atoms with E-state index in [1.54, 1.807) is 0 Å². The van der Waals surface area contributed by atoms with Gasteiger partial charge in [-0.05, 0) is 12.0 Å². The Hall–Kier alpha value is -0.940. The second-order valence-corrected chi connectivity index (χ2v) is 4.51. The van der Waals surface area contributed by atoms with Crippen LogP contribution in [-0.2, 0) is 14.2 Å². The zero-order valence-corrected chi connectivity index (χ0v) is 12.3. The number of hydrogen-bond acceptors (Lipinski definition) is 4. The highest BCUT2D eigenvalue weighted by molar-refractivity contribution is 5.17. The molecule has 0 bridgehead atoms. The summed E-state index contributed by atoms with van der Waals surface area (Å²) in [5, 5.41) is 8.54. The van der Waals surface area contributed by atoms with Crippen LogP contribution in [-0.4, -0.2) is 44.7 Å². The molecule has 0 heterocycles. The zero-order valence-electron chi connectivity index (χ0n) is 12.3. The second kappa shape index (κ2) is 11.9. The fraction of sp³-hybridized carbons (Fsp3) is 0.625. The molecule has 20 heavy (non-hydrogen) atoms. The average molecular weight is 282 g/mol. The third-order valence-electron chi connectivity index (χ3n) is 2.88. The molecular weight excluding hydrogens is 256 g/mol. The molecule has 0 spiro atoms. The van der Waals surface area contributed by atoms with E-state index in [4.69, 9.17) is 19.3 Å². The predicted octanol–water partition coefficient (Wildman–Crippen LogP) is 2.57. The molecule has 0 aliphatic carbocycles. The van der Waals surface area contributed by atoms with Crippen LogP contribution in [0.5, 0.6) is 0 Å². The van der Waals surface area contributed by atoms with Crippen LogP contribution in [0.15, 0.2) is 30.3 Å². The van der Waals surface area contributed by atoms with E-state index in [2.05, 4.69) is 19.1 Å². The highest BCUT2D eigenvalue weighted by Gasteiger charge is 2.10. The number of aliphatic hydroxyl groups excluding tert-OH is 1. The van der Waals surface area contributed by atoms with E-state index in [1.165, 1.54) is 5.56 Å². The number of ether oxygens (including phenoxy) is 3. The average Bonchev–Trinajstić information content (AvgIpc) is 2.50. The number of aliphatic hydroxyl groups is 1. The second-order valence-electron chi connectivity index (χ2n) is 4.51. The van der Waals surface area contributed by atoms with E-state index in [1.807, 2.05) is 18.2 Å². The first-order valence-corrected chi connectivity index (χ1v) is 7.31. The molecule has 1 N–H and O–H groups in total. The van der Waals surface area contributed by atoms with Crippen molar-refractivity contribution >= 4 is 0 Å². The standard InChI is InChI=1S/C16H26O4/c1-2-6-16(15-7-4-3-5-8-15)20-14-13-19-12-11-18-10-9-17/h3-5,7-8,16-17H,2,6,9-14H2,1H3. The minimum Gasteiger partial charge on any atom is -0.394 e. The highest BCUT2D eigenvalue weighted by Crippen LogP contribution is 2.22. The Kier molecular flexibility index (Phi) is 10.1. The largest absolute Gasteiger partial charge is 0.394 e. The van der Waals surface area contributed by atoms with Gasteiger partial charge in [0.15, 0.2) is 0 Å². The lowest BCUT2D eigenvalue weighted by Gasteiger charge is -2.17. The molecule has 4 heteroatoms. The minimum absolute atomic E-state index is 0.0544. The Bertz CT molecular complexity index is 316. The van der Waals surface area contributed by atoms with E-state index in [9.17, 15) is 0 Å². The molecule has 1 aromatic rings. The van der Waals surface area contributed by atoms with Crippen molar-refractivity contribution in [1.82, 2.24) is 0 Å². The van der Waals surface area contributed by atoms with Gasteiger partial charge in [-0.15, -0.1) is 0 Å². The smallest absolute Gasteiger partial charge is 0.0826 e. The quantitative estimate of drug-likeness (QED) is 0.599. The van der Waals surface area contributed by atoms with E-state index in [0.29, 0.717) is 33.0 Å². The van der Waals surface area contributed by atoms with Gasteiger partial charge in [0.1, 0.15) is 0 Å². The first-order valence-electron chi connectivity index (χ1n) is 7.31. The maximum absolute atomic E-state index is 8.54. The normalized spacial score (nSPS) is 12.5. The fourth-order valence-electron chi connectivity index (χ4n) is 1.91. The summed E-state index contributed by atoms with van der Waals surface area (Å²) in [6.45, 7) is 4.78. The molecule has 114 valence electrons. The van der Waals surface area contributed by atoms with Crippen LogP contribution in [0.2, 0.25) is 0 Å². The van der Waals surface area contributed by atoms with Gasteiger partial charge in [0.2, 0.25) is 0 Å². The van der Waals surface area contributed by atoms with Gasteiger partial charge >= 0.3 is 0 Å². The Morgan fingerprint density at radius 1 is 0.950 bits per heavy atom. The van der Waals surface area contributed by atoms with Crippen molar-refractivity contribution in [2.75, 3.05) is 39.6 Å². The van der Waals surface area contributed by atoms with Crippen LogP contribution in [0, 0.1) is 0 Å². The maximum atomic E-state index is 8.54. The summed E-state index contributed by atoms with van der Waals surface area (Å²) in [6, 6.07) is 10.3. The molecule has 1 aromatic carbocycles. The maximum Gasteiger partial charge on any atom is 0.0826 e. The lowest BCUT2D eigenvalue weighted by Crippen LogP contribution is -2.13. The molecule has 1 rings (SSSR count). The van der Waals surface area contributed by atoms with Gasteiger partial charge in [0.25, 0.3) is 0 Å². The van der Waals surface area contributed by atoms with Crippen molar-refractivity contribution < 1.29 is 19.3 Å². The van der Waals surface area contributed by atoms with Crippen molar-refractivity contribution in [2.24, 2.45) is 0 Å². The molecular formula is C16H26O4. The molecule has 1 unspecified atom stereocenters. The Morgan fingerprint density at radius 2 is 1.60 bits per heavy atom. The zero-order chi connectivity index (χ0) is 14.5.